The summed E-state index contributed by atoms with van der Waals surface area (Å²) in [7, 11) is 0. The number of hydrogen-bond acceptors (Lipinski definition) is 8. The maximum atomic E-state index is 12.0. The minimum absolute atomic E-state index is 0.0594. The number of thiazole rings is 1. The molecule has 1 aromatic heterocycles. The average molecular weight is 534 g/mol. The fraction of sp³-hybridized carbons (Fsp3) is 0.741. The van der Waals surface area contributed by atoms with E-state index in [-0.39, 0.29) is 23.7 Å². The lowest BCUT2D eigenvalue weighted by atomic mass is 9.87. The van der Waals surface area contributed by atoms with Crippen LogP contribution >= 0.6 is 11.3 Å². The zero-order valence-corrected chi connectivity index (χ0v) is 23.1. The summed E-state index contributed by atoms with van der Waals surface area (Å²) in [6.45, 7) is 8.23. The van der Waals surface area contributed by atoms with Crippen molar-refractivity contribution in [1.82, 2.24) is 20.1 Å². The summed E-state index contributed by atoms with van der Waals surface area (Å²) in [5.41, 5.74) is 0.911. The molecule has 4 rings (SSSR count). The number of hydrogen-bond donors (Lipinski definition) is 2. The predicted molar refractivity (Wildman–Crippen MR) is 145 cm³/mol. The third-order valence-corrected chi connectivity index (χ3v) is 8.33. The number of aryl methyl sites for hydroxylation is 1. The number of rotatable bonds is 8. The summed E-state index contributed by atoms with van der Waals surface area (Å²) in [6, 6.07) is 0.371. The van der Waals surface area contributed by atoms with Crippen LogP contribution in [0.2, 0.25) is 0 Å². The number of aromatic nitrogens is 1. The van der Waals surface area contributed by atoms with Crippen molar-refractivity contribution in [2.75, 3.05) is 44.6 Å². The lowest BCUT2D eigenvalue weighted by Gasteiger charge is -2.31. The van der Waals surface area contributed by atoms with Crippen LogP contribution in [-0.2, 0) is 19.2 Å². The second kappa shape index (κ2) is 15.3. The summed E-state index contributed by atoms with van der Waals surface area (Å²) in [5.74, 6) is 1.08. The van der Waals surface area contributed by atoms with Crippen molar-refractivity contribution in [3.8, 4) is 0 Å². The Hall–Kier alpha value is -2.17. The molecule has 3 fully saturated rings. The van der Waals surface area contributed by atoms with Gasteiger partial charge in [-0.25, -0.2) is 4.98 Å². The fourth-order valence-corrected chi connectivity index (χ4v) is 6.05. The van der Waals surface area contributed by atoms with Crippen LogP contribution in [-0.4, -0.2) is 84.5 Å². The molecule has 9 nitrogen and oxygen atoms in total. The number of carbonyl (C=O) groups is 4. The Labute approximate surface area is 224 Å². The summed E-state index contributed by atoms with van der Waals surface area (Å²) in [6.07, 6.45) is 10.6. The van der Waals surface area contributed by atoms with Crippen molar-refractivity contribution in [2.45, 2.75) is 71.3 Å². The molecule has 0 aromatic carbocycles. The number of amides is 2. The smallest absolute Gasteiger partial charge is 0.240 e. The molecule has 2 unspecified atom stereocenters. The van der Waals surface area contributed by atoms with E-state index in [2.05, 4.69) is 27.4 Å². The maximum absolute atomic E-state index is 12.0. The van der Waals surface area contributed by atoms with Gasteiger partial charge in [0, 0.05) is 36.3 Å². The first-order valence-electron chi connectivity index (χ1n) is 13.7. The molecular weight excluding hydrogens is 490 g/mol. The molecule has 10 heteroatoms. The predicted octanol–water partition coefficient (Wildman–Crippen LogP) is 2.89. The molecule has 2 atom stereocenters. The van der Waals surface area contributed by atoms with E-state index in [1.807, 2.05) is 17.2 Å². The van der Waals surface area contributed by atoms with Gasteiger partial charge in [0.1, 0.15) is 12.6 Å². The molecule has 2 aliphatic heterocycles. The zero-order valence-electron chi connectivity index (χ0n) is 22.3. The van der Waals surface area contributed by atoms with E-state index < -0.39 is 0 Å². The molecular formula is C27H43N5O4S. The van der Waals surface area contributed by atoms with Gasteiger partial charge in [-0.2, -0.15) is 0 Å². The quantitative estimate of drug-likeness (QED) is 0.494. The van der Waals surface area contributed by atoms with Crippen LogP contribution < -0.4 is 10.6 Å². The van der Waals surface area contributed by atoms with Crippen LogP contribution in [0.15, 0.2) is 5.38 Å². The van der Waals surface area contributed by atoms with Gasteiger partial charge in [0.05, 0.1) is 18.8 Å². The Morgan fingerprint density at radius 1 is 0.946 bits per heavy atom. The molecule has 2 amide bonds. The Bertz CT molecular complexity index is 886. The lowest BCUT2D eigenvalue weighted by Crippen LogP contribution is -2.46. The van der Waals surface area contributed by atoms with E-state index in [4.69, 9.17) is 0 Å². The van der Waals surface area contributed by atoms with Gasteiger partial charge in [-0.1, -0.05) is 6.92 Å². The van der Waals surface area contributed by atoms with Crippen molar-refractivity contribution in [2.24, 2.45) is 17.8 Å². The molecule has 2 saturated heterocycles. The normalized spacial score (nSPS) is 26.9. The van der Waals surface area contributed by atoms with Crippen LogP contribution in [0.3, 0.4) is 0 Å². The lowest BCUT2D eigenvalue weighted by molar-refractivity contribution is -0.124. The minimum Gasteiger partial charge on any atom is -0.352 e. The van der Waals surface area contributed by atoms with Crippen molar-refractivity contribution < 1.29 is 19.2 Å². The van der Waals surface area contributed by atoms with Crippen molar-refractivity contribution in [1.29, 1.82) is 0 Å². The Kier molecular flexibility index (Phi) is 12.1. The minimum atomic E-state index is -0.0594. The van der Waals surface area contributed by atoms with Crippen molar-refractivity contribution >= 4 is 40.9 Å². The van der Waals surface area contributed by atoms with Gasteiger partial charge in [0.2, 0.25) is 11.8 Å². The Morgan fingerprint density at radius 2 is 1.51 bits per heavy atom. The van der Waals surface area contributed by atoms with Gasteiger partial charge in [-0.05, 0) is 77.3 Å². The Morgan fingerprint density at radius 3 is 2.03 bits per heavy atom. The Balaban J connectivity index is 0.000000206. The largest absolute Gasteiger partial charge is 0.352 e. The average Bonchev–Trinajstić information content (AvgIpc) is 3.30. The first kappa shape index (κ1) is 29.4. The molecule has 3 aliphatic rings. The van der Waals surface area contributed by atoms with Crippen LogP contribution in [0.25, 0.3) is 0 Å². The molecule has 0 radical (unpaired) electrons. The summed E-state index contributed by atoms with van der Waals surface area (Å²) in [5, 5.41) is 8.47. The van der Waals surface area contributed by atoms with Gasteiger partial charge in [0.25, 0.3) is 0 Å². The second-order valence-corrected chi connectivity index (χ2v) is 11.8. The highest BCUT2D eigenvalue weighted by atomic mass is 32.1. The first-order valence-corrected chi connectivity index (χ1v) is 14.6. The monoisotopic (exact) mass is 533 g/mol. The van der Waals surface area contributed by atoms with Gasteiger partial charge < -0.3 is 20.2 Å². The molecule has 1 saturated carbocycles. The SMILES string of the molecule is CC1CCC(NC(=O)CN2CCCC(C=O)C2)CC1.Cc1csc(NC(=O)CN2CCCC(C=O)C2)n1. The summed E-state index contributed by atoms with van der Waals surface area (Å²) < 4.78 is 0. The zero-order chi connectivity index (χ0) is 26.6. The van der Waals surface area contributed by atoms with Crippen LogP contribution in [0.1, 0.15) is 64.0 Å². The van der Waals surface area contributed by atoms with Crippen LogP contribution in [0.5, 0.6) is 0 Å². The molecule has 37 heavy (non-hydrogen) atoms. The number of piperidine rings is 2. The number of nitrogens with zero attached hydrogens (tertiary/aromatic N) is 3. The van der Waals surface area contributed by atoms with E-state index in [9.17, 15) is 19.2 Å². The van der Waals surface area contributed by atoms with E-state index in [1.165, 1.54) is 24.2 Å². The van der Waals surface area contributed by atoms with Gasteiger partial charge in [-0.3, -0.25) is 19.4 Å². The van der Waals surface area contributed by atoms with Crippen molar-refractivity contribution in [3.05, 3.63) is 11.1 Å². The summed E-state index contributed by atoms with van der Waals surface area (Å²) >= 11 is 1.43. The number of likely N-dealkylation sites (tertiary alicyclic amines) is 2. The highest BCUT2D eigenvalue weighted by molar-refractivity contribution is 7.13. The molecule has 1 aliphatic carbocycles. The van der Waals surface area contributed by atoms with Gasteiger partial charge in [0.15, 0.2) is 5.13 Å². The third kappa shape index (κ3) is 10.6. The van der Waals surface area contributed by atoms with Crippen molar-refractivity contribution in [3.63, 3.8) is 0 Å². The number of aldehydes is 2. The van der Waals surface area contributed by atoms with Gasteiger partial charge >= 0.3 is 0 Å². The molecule has 206 valence electrons. The molecule has 1 aromatic rings. The standard InChI is InChI=1S/C15H26N2O2.C12H17N3O2S/c1-12-4-6-14(7-5-12)16-15(19)10-17-8-2-3-13(9-17)11-18;1-9-8-18-12(13-9)14-11(17)6-15-4-2-3-10(5-15)7-16/h11-14H,2-10H2,1H3,(H,16,19);7-8,10H,2-6H2,1H3,(H,13,14,17). The second-order valence-electron chi connectivity index (χ2n) is 10.9. The molecule has 3 heterocycles. The first-order chi connectivity index (χ1) is 17.8. The van der Waals surface area contributed by atoms with E-state index in [0.717, 1.165) is 82.3 Å². The van der Waals surface area contributed by atoms with E-state index in [0.29, 0.717) is 30.8 Å². The van der Waals surface area contributed by atoms with Crippen LogP contribution in [0.4, 0.5) is 5.13 Å². The third-order valence-electron chi connectivity index (χ3n) is 7.45. The highest BCUT2D eigenvalue weighted by Crippen LogP contribution is 2.23. The number of anilines is 1. The van der Waals surface area contributed by atoms with E-state index in [1.54, 1.807) is 0 Å². The van der Waals surface area contributed by atoms with Gasteiger partial charge in [-0.15, -0.1) is 11.3 Å². The summed E-state index contributed by atoms with van der Waals surface area (Å²) in [4.78, 5) is 53.7. The highest BCUT2D eigenvalue weighted by Gasteiger charge is 2.24. The maximum Gasteiger partial charge on any atom is 0.240 e. The molecule has 0 spiro atoms. The number of carbonyl (C=O) groups excluding carboxylic acids is 4. The topological polar surface area (TPSA) is 112 Å². The molecule has 0 bridgehead atoms. The molecule has 2 N–H and O–H groups in total. The fourth-order valence-electron chi connectivity index (χ4n) is 5.35. The number of nitrogens with one attached hydrogen (secondary N) is 2. The van der Waals surface area contributed by atoms with Crippen LogP contribution in [0, 0.1) is 24.7 Å². The van der Waals surface area contributed by atoms with E-state index >= 15 is 0 Å².